The van der Waals surface area contributed by atoms with Crippen molar-refractivity contribution in [3.05, 3.63) is 65.9 Å². The Balaban J connectivity index is 1.53. The molecule has 4 rings (SSSR count). The molecule has 1 amide bonds. The maximum atomic E-state index is 12.8. The summed E-state index contributed by atoms with van der Waals surface area (Å²) in [6, 6.07) is 15.9. The van der Waals surface area contributed by atoms with Crippen LogP contribution in [0.15, 0.2) is 54.7 Å². The summed E-state index contributed by atoms with van der Waals surface area (Å²) in [6.45, 7) is 5.85. The van der Waals surface area contributed by atoms with Gasteiger partial charge in [0.1, 0.15) is 13.2 Å². The number of nitrogens with zero attached hydrogens (tertiary/aromatic N) is 2. The number of aryl methyl sites for hydroxylation is 1. The highest BCUT2D eigenvalue weighted by atomic mass is 16.6. The number of ether oxygens (including phenoxy) is 2. The number of fused-ring (bicyclic) bond motifs is 2. The molecule has 164 valence electrons. The number of benzene rings is 2. The normalized spacial score (nSPS) is 13.9. The van der Waals surface area contributed by atoms with Crippen LogP contribution in [0.1, 0.15) is 37.4 Å². The van der Waals surface area contributed by atoms with Crippen LogP contribution in [-0.2, 0) is 11.3 Å². The van der Waals surface area contributed by atoms with Gasteiger partial charge in [-0.1, -0.05) is 38.1 Å². The average Bonchev–Trinajstić information content (AvgIpc) is 3.17. The highest BCUT2D eigenvalue weighted by Gasteiger charge is 2.21. The molecule has 2 aromatic carbocycles. The van der Waals surface area contributed by atoms with Gasteiger partial charge in [0.2, 0.25) is 5.91 Å². The average molecular weight is 430 g/mol. The van der Waals surface area contributed by atoms with E-state index in [0.717, 1.165) is 33.5 Å². The summed E-state index contributed by atoms with van der Waals surface area (Å²) in [7, 11) is 0. The summed E-state index contributed by atoms with van der Waals surface area (Å²) in [5.74, 6) is 1.49. The monoisotopic (exact) mass is 429 g/mol. The molecule has 0 saturated carbocycles. The molecule has 0 bridgehead atoms. The molecule has 1 atom stereocenters. The molecule has 1 unspecified atom stereocenters. The molecule has 0 saturated heterocycles. The van der Waals surface area contributed by atoms with E-state index in [1.807, 2.05) is 54.7 Å². The molecule has 6 nitrogen and oxygen atoms in total. The third kappa shape index (κ3) is 4.62. The third-order valence-electron chi connectivity index (χ3n) is 5.59. The van der Waals surface area contributed by atoms with Gasteiger partial charge in [-0.3, -0.25) is 4.79 Å². The van der Waals surface area contributed by atoms with Gasteiger partial charge >= 0.3 is 0 Å². The van der Waals surface area contributed by atoms with E-state index in [0.29, 0.717) is 26.2 Å². The molecule has 6 heteroatoms. The van der Waals surface area contributed by atoms with E-state index in [-0.39, 0.29) is 17.9 Å². The number of aromatic nitrogens is 1. The number of rotatable bonds is 7. The fourth-order valence-electron chi connectivity index (χ4n) is 4.02. The highest BCUT2D eigenvalue weighted by molar-refractivity contribution is 5.96. The van der Waals surface area contributed by atoms with Crippen molar-refractivity contribution in [2.24, 2.45) is 5.92 Å². The van der Waals surface area contributed by atoms with Crippen molar-refractivity contribution < 1.29 is 14.3 Å². The van der Waals surface area contributed by atoms with E-state index in [9.17, 15) is 4.79 Å². The predicted molar refractivity (Wildman–Crippen MR) is 124 cm³/mol. The van der Waals surface area contributed by atoms with Crippen LogP contribution < -0.4 is 14.8 Å². The van der Waals surface area contributed by atoms with Crippen molar-refractivity contribution in [1.29, 1.82) is 5.26 Å². The lowest BCUT2D eigenvalue weighted by atomic mass is 9.95. The van der Waals surface area contributed by atoms with Crippen LogP contribution in [0.25, 0.3) is 17.0 Å². The Bertz CT molecular complexity index is 1190. The number of hydrogen-bond acceptors (Lipinski definition) is 4. The van der Waals surface area contributed by atoms with Gasteiger partial charge in [0, 0.05) is 35.3 Å². The Morgan fingerprint density at radius 1 is 1.19 bits per heavy atom. The number of amides is 1. The van der Waals surface area contributed by atoms with E-state index in [4.69, 9.17) is 14.7 Å². The van der Waals surface area contributed by atoms with Gasteiger partial charge in [-0.25, -0.2) is 0 Å². The maximum Gasteiger partial charge on any atom is 0.244 e. The van der Waals surface area contributed by atoms with Crippen LogP contribution in [-0.4, -0.2) is 23.7 Å². The molecule has 2 heterocycles. The number of carbonyl (C=O) groups excluding carboxylic acids is 1. The standard InChI is InChI=1S/C26H27N3O3/c1-18(2)26(19-8-10-23-24(16-19)32-15-14-31-23)28-25(30)11-9-20-17-29(13-5-12-27)22-7-4-3-6-21(20)22/h3-4,6-11,16-18,26H,5,13-15H2,1-2H3,(H,28,30)/b11-9+. The summed E-state index contributed by atoms with van der Waals surface area (Å²) in [4.78, 5) is 12.8. The van der Waals surface area contributed by atoms with Crippen molar-refractivity contribution >= 4 is 22.9 Å². The first-order chi connectivity index (χ1) is 15.6. The van der Waals surface area contributed by atoms with Gasteiger partial charge in [0.15, 0.2) is 11.5 Å². The Morgan fingerprint density at radius 2 is 1.97 bits per heavy atom. The largest absolute Gasteiger partial charge is 0.486 e. The van der Waals surface area contributed by atoms with Crippen LogP contribution in [0.3, 0.4) is 0 Å². The molecule has 0 spiro atoms. The van der Waals surface area contributed by atoms with Gasteiger partial charge in [-0.15, -0.1) is 0 Å². The summed E-state index contributed by atoms with van der Waals surface area (Å²) in [5, 5.41) is 13.1. The highest BCUT2D eigenvalue weighted by Crippen LogP contribution is 2.34. The first-order valence-corrected chi connectivity index (χ1v) is 10.9. The van der Waals surface area contributed by atoms with Crippen molar-refractivity contribution in [2.75, 3.05) is 13.2 Å². The molecule has 1 N–H and O–H groups in total. The smallest absolute Gasteiger partial charge is 0.244 e. The summed E-state index contributed by atoms with van der Waals surface area (Å²) >= 11 is 0. The number of nitriles is 1. The quantitative estimate of drug-likeness (QED) is 0.545. The van der Waals surface area contributed by atoms with E-state index < -0.39 is 0 Å². The first kappa shape index (κ1) is 21.5. The lowest BCUT2D eigenvalue weighted by Crippen LogP contribution is -2.30. The van der Waals surface area contributed by atoms with Crippen LogP contribution >= 0.6 is 0 Å². The fraction of sp³-hybridized carbons (Fsp3) is 0.308. The van der Waals surface area contributed by atoms with Gasteiger partial charge in [0.25, 0.3) is 0 Å². The third-order valence-corrected chi connectivity index (χ3v) is 5.59. The number of para-hydroxylation sites is 1. The van der Waals surface area contributed by atoms with Crippen molar-refractivity contribution in [2.45, 2.75) is 32.9 Å². The van der Waals surface area contributed by atoms with E-state index >= 15 is 0 Å². The molecular formula is C26H27N3O3. The molecule has 32 heavy (non-hydrogen) atoms. The van der Waals surface area contributed by atoms with Crippen LogP contribution in [0.5, 0.6) is 11.5 Å². The minimum atomic E-state index is -0.160. The van der Waals surface area contributed by atoms with Gasteiger partial charge in [-0.2, -0.15) is 5.26 Å². The number of carbonyl (C=O) groups is 1. The first-order valence-electron chi connectivity index (χ1n) is 10.9. The molecule has 0 fully saturated rings. The fourth-order valence-corrected chi connectivity index (χ4v) is 4.02. The molecule has 0 radical (unpaired) electrons. The van der Waals surface area contributed by atoms with Crippen molar-refractivity contribution in [1.82, 2.24) is 9.88 Å². The number of nitrogens with one attached hydrogen (secondary N) is 1. The van der Waals surface area contributed by atoms with Crippen LogP contribution in [0, 0.1) is 17.2 Å². The number of hydrogen-bond donors (Lipinski definition) is 1. The zero-order valence-electron chi connectivity index (χ0n) is 18.4. The lowest BCUT2D eigenvalue weighted by molar-refractivity contribution is -0.117. The van der Waals surface area contributed by atoms with E-state index in [1.165, 1.54) is 0 Å². The maximum absolute atomic E-state index is 12.8. The molecule has 1 aromatic heterocycles. The molecule has 3 aromatic rings. The minimum Gasteiger partial charge on any atom is -0.486 e. The zero-order valence-corrected chi connectivity index (χ0v) is 18.4. The van der Waals surface area contributed by atoms with Crippen LogP contribution in [0.4, 0.5) is 0 Å². The van der Waals surface area contributed by atoms with Gasteiger partial charge < -0.3 is 19.4 Å². The second-order valence-corrected chi connectivity index (χ2v) is 8.17. The van der Waals surface area contributed by atoms with Crippen molar-refractivity contribution in [3.63, 3.8) is 0 Å². The summed E-state index contributed by atoms with van der Waals surface area (Å²) in [5.41, 5.74) is 2.99. The summed E-state index contributed by atoms with van der Waals surface area (Å²) < 4.78 is 13.4. The molecule has 1 aliphatic rings. The Morgan fingerprint density at radius 3 is 2.75 bits per heavy atom. The summed E-state index contributed by atoms with van der Waals surface area (Å²) in [6.07, 6.45) is 5.84. The Kier molecular flexibility index (Phi) is 6.46. The minimum absolute atomic E-state index is 0.153. The molecule has 0 aliphatic carbocycles. The molecular weight excluding hydrogens is 402 g/mol. The van der Waals surface area contributed by atoms with Crippen LogP contribution in [0.2, 0.25) is 0 Å². The molecule has 1 aliphatic heterocycles. The van der Waals surface area contributed by atoms with Gasteiger partial charge in [0.05, 0.1) is 18.5 Å². The second-order valence-electron chi connectivity index (χ2n) is 8.17. The second kappa shape index (κ2) is 9.61. The Labute approximate surface area is 188 Å². The zero-order chi connectivity index (χ0) is 22.5. The van der Waals surface area contributed by atoms with E-state index in [1.54, 1.807) is 6.08 Å². The van der Waals surface area contributed by atoms with E-state index in [2.05, 4.69) is 29.8 Å². The topological polar surface area (TPSA) is 76.3 Å². The van der Waals surface area contributed by atoms with Gasteiger partial charge in [-0.05, 0) is 35.8 Å². The SMILES string of the molecule is CC(C)C(NC(=O)/C=C/c1cn(CCC#N)c2ccccc12)c1ccc2c(c1)OCCO2. The lowest BCUT2D eigenvalue weighted by Gasteiger charge is -2.25. The van der Waals surface area contributed by atoms with Crippen molar-refractivity contribution in [3.8, 4) is 17.6 Å². The Hall–Kier alpha value is -3.72. The predicted octanol–water partition coefficient (Wildman–Crippen LogP) is 4.85.